The zero-order chi connectivity index (χ0) is 54.4. The molecule has 72 heavy (non-hydrogen) atoms. The van der Waals surface area contributed by atoms with Crippen LogP contribution >= 0.6 is 12.6 Å². The van der Waals surface area contributed by atoms with E-state index in [4.69, 9.17) is 16.2 Å². The van der Waals surface area contributed by atoms with Gasteiger partial charge in [-0.05, 0) is 57.4 Å². The van der Waals surface area contributed by atoms with Gasteiger partial charge in [0.15, 0.2) is 5.96 Å². The molecule has 0 aromatic heterocycles. The number of carbonyl (C=O) groups excluding carboxylic acids is 7. The molecule has 1 fully saturated rings. The fourth-order valence-corrected chi connectivity index (χ4v) is 8.16. The van der Waals surface area contributed by atoms with E-state index >= 15 is 0 Å². The number of amides is 7. The minimum Gasteiger partial charge on any atom is -0.480 e. The van der Waals surface area contributed by atoms with Gasteiger partial charge in [-0.15, -0.1) is 0 Å². The molecule has 0 unspecified atom stereocenters. The molecule has 12 N–H and O–H groups in total. The van der Waals surface area contributed by atoms with E-state index in [0.29, 0.717) is 12.0 Å². The Bertz CT molecular complexity index is 2140. The number of carbonyl (C=O) groups is 9. The zero-order valence-electron chi connectivity index (χ0n) is 42.7. The second-order valence-electron chi connectivity index (χ2n) is 18.6. The standard InChI is InChI=1S/C49H76N10O12S/c1-26(2)22-36-45(65)58-40(48(69)70)30(6)42(62)55-34(16-13-21-52-49(50)51)44(64)54-33(18-17-27(3)23-28(4)38(71-9)24-32-14-11-10-12-15-32)29(5)41(61)56-35(47(67)68)19-20-39(60)59(8)37(25-72)46(66)53-31(7)43(63)57-36/h10-12,14-15,17-18,23,26,28-31,33-38,40,72H,13,16,19-22,24-25H2,1-9H3,(H,53,66)(H,54,64)(H,55,62)(H,56,61)(H,57,63)(H,58,65)(H,67,68)(H,69,70)(H4,50,51,52)/b18-17+,27-23+/t28-,29-,30-,31+,33-,34-,35+,36-,37-,38-,40+/m0/s1. The Morgan fingerprint density at radius 1 is 0.833 bits per heavy atom. The third-order valence-electron chi connectivity index (χ3n) is 12.3. The third kappa shape index (κ3) is 20.3. The van der Waals surface area contributed by atoms with Crippen molar-refractivity contribution in [2.75, 3.05) is 26.5 Å². The maximum atomic E-state index is 14.4. The fraction of sp³-hybridized carbons (Fsp3) is 0.592. The molecule has 0 bridgehead atoms. The Labute approximate surface area is 427 Å². The van der Waals surface area contributed by atoms with Gasteiger partial charge in [-0.1, -0.05) is 88.8 Å². The summed E-state index contributed by atoms with van der Waals surface area (Å²) in [6.45, 7) is 11.3. The molecule has 0 spiro atoms. The second kappa shape index (κ2) is 30.4. The Kier molecular flexibility index (Phi) is 26.0. The van der Waals surface area contributed by atoms with Crippen molar-refractivity contribution in [3.63, 3.8) is 0 Å². The number of ether oxygens (including phenoxy) is 1. The molecule has 11 atom stereocenters. The predicted octanol–water partition coefficient (Wildman–Crippen LogP) is 0.403. The Morgan fingerprint density at radius 2 is 1.44 bits per heavy atom. The number of aliphatic imine (C=N–C) groups is 1. The van der Waals surface area contributed by atoms with Crippen molar-refractivity contribution < 1.29 is 58.1 Å². The lowest BCUT2D eigenvalue weighted by atomic mass is 9.94. The van der Waals surface area contributed by atoms with Gasteiger partial charge in [0.05, 0.1) is 24.0 Å². The number of nitrogens with zero attached hydrogens (tertiary/aromatic N) is 2. The van der Waals surface area contributed by atoms with Gasteiger partial charge in [0.2, 0.25) is 41.4 Å². The van der Waals surface area contributed by atoms with Crippen LogP contribution in [0, 0.1) is 23.7 Å². The van der Waals surface area contributed by atoms with Crippen molar-refractivity contribution >= 4 is 71.9 Å². The van der Waals surface area contributed by atoms with E-state index in [-0.39, 0.29) is 55.5 Å². The maximum Gasteiger partial charge on any atom is 0.327 e. The van der Waals surface area contributed by atoms with E-state index in [9.17, 15) is 53.4 Å². The third-order valence-corrected chi connectivity index (χ3v) is 12.6. The van der Waals surface area contributed by atoms with Gasteiger partial charge in [0.1, 0.15) is 36.3 Å². The number of nitrogens with one attached hydrogen (secondary N) is 6. The molecular formula is C49H76N10O12S. The molecule has 22 nitrogen and oxygen atoms in total. The first kappa shape index (κ1) is 61.6. The van der Waals surface area contributed by atoms with Gasteiger partial charge in [0.25, 0.3) is 0 Å². The van der Waals surface area contributed by atoms with Gasteiger partial charge in [-0.25, -0.2) is 9.59 Å². The molecule has 7 amide bonds. The van der Waals surface area contributed by atoms with Crippen LogP contribution in [0.5, 0.6) is 0 Å². The summed E-state index contributed by atoms with van der Waals surface area (Å²) >= 11 is 4.24. The van der Waals surface area contributed by atoms with Crippen molar-refractivity contribution in [1.82, 2.24) is 36.8 Å². The smallest absolute Gasteiger partial charge is 0.327 e. The van der Waals surface area contributed by atoms with Crippen molar-refractivity contribution in [1.29, 1.82) is 0 Å². The summed E-state index contributed by atoms with van der Waals surface area (Å²) in [6, 6.07) is -0.193. The van der Waals surface area contributed by atoms with Gasteiger partial charge >= 0.3 is 11.9 Å². The van der Waals surface area contributed by atoms with Crippen LogP contribution in [0.1, 0.15) is 86.1 Å². The summed E-state index contributed by atoms with van der Waals surface area (Å²) in [5.74, 6) is -12.5. The minimum absolute atomic E-state index is 0.0126. The lowest BCUT2D eigenvalue weighted by Crippen LogP contribution is -2.59. The van der Waals surface area contributed by atoms with Gasteiger partial charge in [-0.3, -0.25) is 38.6 Å². The number of carboxylic acid groups (broad SMARTS) is 2. The summed E-state index contributed by atoms with van der Waals surface area (Å²) in [5, 5.41) is 35.8. The van der Waals surface area contributed by atoms with E-state index in [0.717, 1.165) is 10.5 Å². The first-order valence-electron chi connectivity index (χ1n) is 23.9. The average molecular weight is 1030 g/mol. The molecule has 1 aliphatic heterocycles. The predicted molar refractivity (Wildman–Crippen MR) is 273 cm³/mol. The summed E-state index contributed by atoms with van der Waals surface area (Å²) in [4.78, 5) is 127. The number of nitrogens with two attached hydrogens (primary N) is 2. The molecule has 400 valence electrons. The van der Waals surface area contributed by atoms with Crippen LogP contribution in [0.4, 0.5) is 0 Å². The Morgan fingerprint density at radius 3 is 2.01 bits per heavy atom. The number of aliphatic carboxylic acids is 2. The number of allylic oxidation sites excluding steroid dienone is 2. The highest BCUT2D eigenvalue weighted by atomic mass is 32.1. The fourth-order valence-electron chi connectivity index (χ4n) is 7.75. The minimum atomic E-state index is -1.88. The lowest BCUT2D eigenvalue weighted by Gasteiger charge is -2.29. The van der Waals surface area contributed by atoms with Crippen LogP contribution in [0.15, 0.2) is 59.1 Å². The number of methoxy groups -OCH3 is 1. The zero-order valence-corrected chi connectivity index (χ0v) is 43.6. The molecule has 0 radical (unpaired) electrons. The second-order valence-corrected chi connectivity index (χ2v) is 19.0. The van der Waals surface area contributed by atoms with Gasteiger partial charge in [0, 0.05) is 38.8 Å². The molecular weight excluding hydrogens is 953 g/mol. The quantitative estimate of drug-likeness (QED) is 0.0351. The number of benzene rings is 1. The molecule has 2 rings (SSSR count). The van der Waals surface area contributed by atoms with Crippen LogP contribution in [0.3, 0.4) is 0 Å². The van der Waals surface area contributed by atoms with Crippen molar-refractivity contribution in [2.45, 2.75) is 135 Å². The topological polar surface area (TPSA) is 343 Å². The van der Waals surface area contributed by atoms with E-state index in [1.807, 2.05) is 43.3 Å². The normalized spacial score (nSPS) is 26.2. The van der Waals surface area contributed by atoms with E-state index in [1.54, 1.807) is 34.0 Å². The number of hydrogen-bond acceptors (Lipinski definition) is 12. The Hall–Kier alpha value is -6.49. The summed E-state index contributed by atoms with van der Waals surface area (Å²) in [7, 11) is 2.91. The molecule has 0 saturated carbocycles. The average Bonchev–Trinajstić information content (AvgIpc) is 3.31. The Balaban J connectivity index is 2.75. The van der Waals surface area contributed by atoms with Crippen molar-refractivity contribution in [3.05, 3.63) is 59.7 Å². The molecule has 1 aliphatic rings. The molecule has 1 aromatic rings. The lowest BCUT2D eigenvalue weighted by molar-refractivity contribution is -0.146. The number of likely N-dealkylation sites (N-methyl/N-ethyl adjacent to an activating group) is 1. The largest absolute Gasteiger partial charge is 0.480 e. The van der Waals surface area contributed by atoms with Crippen LogP contribution in [-0.2, 0) is 54.3 Å². The SMILES string of the molecule is CO[C@@H](Cc1ccccc1)[C@@H](C)/C=C(C)/C=C/[C@@H]1NC(=O)[C@H](CCCN=C(N)N)NC(=O)[C@@H](C)[C@H](C(=O)O)NC(=O)[C@H](CC(C)C)NC(=O)[C@@H](C)NC(=O)[C@H](CS)N(C)C(=O)CC[C@H](C(=O)O)NC(=O)[C@H]1C. The van der Waals surface area contributed by atoms with Gasteiger partial charge in [-0.2, -0.15) is 12.6 Å². The summed E-state index contributed by atoms with van der Waals surface area (Å²) < 4.78 is 5.82. The monoisotopic (exact) mass is 1030 g/mol. The number of rotatable bonds is 16. The van der Waals surface area contributed by atoms with Crippen molar-refractivity contribution in [2.24, 2.45) is 40.1 Å². The molecule has 1 saturated heterocycles. The van der Waals surface area contributed by atoms with Crippen LogP contribution in [0.25, 0.3) is 0 Å². The highest BCUT2D eigenvalue weighted by Crippen LogP contribution is 2.19. The van der Waals surface area contributed by atoms with E-state index < -0.39 is 120 Å². The first-order valence-corrected chi connectivity index (χ1v) is 24.6. The molecule has 0 aliphatic carbocycles. The maximum absolute atomic E-state index is 14.4. The van der Waals surface area contributed by atoms with Gasteiger partial charge < -0.3 is 63.2 Å². The molecule has 1 heterocycles. The first-order chi connectivity index (χ1) is 33.8. The van der Waals surface area contributed by atoms with E-state index in [1.165, 1.54) is 33.9 Å². The highest BCUT2D eigenvalue weighted by Gasteiger charge is 2.38. The van der Waals surface area contributed by atoms with Crippen LogP contribution in [-0.4, -0.2) is 149 Å². The van der Waals surface area contributed by atoms with Crippen molar-refractivity contribution in [3.8, 4) is 0 Å². The van der Waals surface area contributed by atoms with Crippen LogP contribution in [0.2, 0.25) is 0 Å². The molecule has 23 heteroatoms. The number of thiol groups is 1. The summed E-state index contributed by atoms with van der Waals surface area (Å²) in [6.07, 6.45) is 4.72. The number of guanidine groups is 1. The number of hydrogen-bond donors (Lipinski definition) is 11. The highest BCUT2D eigenvalue weighted by molar-refractivity contribution is 7.80. The van der Waals surface area contributed by atoms with E-state index in [2.05, 4.69) is 49.5 Å². The van der Waals surface area contributed by atoms with Crippen LogP contribution < -0.4 is 43.4 Å². The number of carboxylic acids is 2. The molecule has 1 aromatic carbocycles. The summed E-state index contributed by atoms with van der Waals surface area (Å²) in [5.41, 5.74) is 12.8.